The number of aromatic nitrogens is 2. The first-order valence-electron chi connectivity index (χ1n) is 7.02. The maximum Gasteiger partial charge on any atom is 0.287 e. The van der Waals surface area contributed by atoms with Crippen LogP contribution in [0, 0.1) is 5.41 Å². The summed E-state index contributed by atoms with van der Waals surface area (Å²) in [5, 5.41) is 16.7. The van der Waals surface area contributed by atoms with Crippen LogP contribution >= 0.6 is 0 Å². The molecular weight excluding hydrogens is 270 g/mol. The van der Waals surface area contributed by atoms with Gasteiger partial charge in [-0.3, -0.25) is 9.48 Å². The highest BCUT2D eigenvalue weighted by atomic mass is 16.4. The molecule has 112 valence electrons. The molecule has 6 nitrogen and oxygen atoms in total. The highest BCUT2D eigenvalue weighted by Gasteiger charge is 2.48. The Morgan fingerprint density at radius 1 is 1.57 bits per heavy atom. The van der Waals surface area contributed by atoms with Gasteiger partial charge in [0.2, 0.25) is 0 Å². The van der Waals surface area contributed by atoms with E-state index in [1.54, 1.807) is 23.0 Å². The molecule has 0 aliphatic heterocycles. The topological polar surface area (TPSA) is 80.3 Å². The zero-order valence-electron chi connectivity index (χ0n) is 12.1. The van der Waals surface area contributed by atoms with Crippen LogP contribution < -0.4 is 5.32 Å². The first kappa shape index (κ1) is 13.9. The van der Waals surface area contributed by atoms with Crippen molar-refractivity contribution in [3.8, 4) is 0 Å². The van der Waals surface area contributed by atoms with Gasteiger partial charge in [0.25, 0.3) is 5.91 Å². The van der Waals surface area contributed by atoms with E-state index >= 15 is 0 Å². The number of hydrogen-bond acceptors (Lipinski definition) is 4. The van der Waals surface area contributed by atoms with E-state index < -0.39 is 0 Å². The summed E-state index contributed by atoms with van der Waals surface area (Å²) in [6, 6.07) is 5.24. The number of aliphatic hydroxyl groups is 1. The number of amides is 1. The van der Waals surface area contributed by atoms with E-state index in [0.717, 1.165) is 0 Å². The third kappa shape index (κ3) is 2.58. The molecule has 0 radical (unpaired) electrons. The Morgan fingerprint density at radius 3 is 3.00 bits per heavy atom. The molecule has 2 aromatic heterocycles. The molecule has 2 N–H and O–H groups in total. The number of carbonyl (C=O) groups excluding carboxylic acids is 1. The summed E-state index contributed by atoms with van der Waals surface area (Å²) in [5.74, 6) is 0.720. The van der Waals surface area contributed by atoms with Gasteiger partial charge >= 0.3 is 0 Å². The highest BCUT2D eigenvalue weighted by molar-refractivity contribution is 5.91. The van der Waals surface area contributed by atoms with Crippen molar-refractivity contribution < 1.29 is 14.3 Å². The normalized spacial score (nSPS) is 23.6. The van der Waals surface area contributed by atoms with Crippen LogP contribution in [0.2, 0.25) is 0 Å². The number of hydrogen-bond donors (Lipinski definition) is 2. The number of carbonyl (C=O) groups is 1. The van der Waals surface area contributed by atoms with Gasteiger partial charge in [-0.1, -0.05) is 13.8 Å². The Kier molecular flexibility index (Phi) is 3.33. The Balaban J connectivity index is 1.62. The molecule has 2 unspecified atom stereocenters. The van der Waals surface area contributed by atoms with Gasteiger partial charge in [-0.05, 0) is 24.6 Å². The van der Waals surface area contributed by atoms with E-state index in [4.69, 9.17) is 4.42 Å². The van der Waals surface area contributed by atoms with Crippen LogP contribution in [0.3, 0.4) is 0 Å². The highest BCUT2D eigenvalue weighted by Crippen LogP contribution is 2.40. The molecule has 3 rings (SSSR count). The van der Waals surface area contributed by atoms with Crippen molar-refractivity contribution in [1.29, 1.82) is 0 Å². The first-order valence-corrected chi connectivity index (χ1v) is 7.02. The summed E-state index contributed by atoms with van der Waals surface area (Å²) in [5.41, 5.74) is -0.292. The number of nitrogens with zero attached hydrogens (tertiary/aromatic N) is 2. The van der Waals surface area contributed by atoms with Crippen LogP contribution in [0.5, 0.6) is 0 Å². The fourth-order valence-corrected chi connectivity index (χ4v) is 2.52. The third-order valence-corrected chi connectivity index (χ3v) is 4.28. The standard InChI is InChI=1S/C15H19N3O3/c1-15(2)12(8-13(15)19)17-14(20)11-5-4-10(21-11)9-18-7-3-6-16-18/h3-7,12-13,19H,8-9H2,1-2H3,(H,17,20). The minimum Gasteiger partial charge on any atom is -0.454 e. The molecule has 1 aliphatic rings. The molecule has 21 heavy (non-hydrogen) atoms. The fraction of sp³-hybridized carbons (Fsp3) is 0.467. The van der Waals surface area contributed by atoms with Crippen molar-refractivity contribution >= 4 is 5.91 Å². The van der Waals surface area contributed by atoms with Crippen molar-refractivity contribution in [1.82, 2.24) is 15.1 Å². The first-order chi connectivity index (χ1) is 9.96. The molecule has 1 fully saturated rings. The van der Waals surface area contributed by atoms with E-state index in [9.17, 15) is 9.90 Å². The van der Waals surface area contributed by atoms with Crippen LogP contribution in [0.15, 0.2) is 35.0 Å². The van der Waals surface area contributed by atoms with Gasteiger partial charge in [-0.25, -0.2) is 0 Å². The molecule has 2 aromatic rings. The zero-order chi connectivity index (χ0) is 15.0. The number of nitrogens with one attached hydrogen (secondary N) is 1. The molecule has 0 saturated heterocycles. The summed E-state index contributed by atoms with van der Waals surface area (Å²) in [6.07, 6.45) is 3.75. The van der Waals surface area contributed by atoms with Crippen LogP contribution in [-0.2, 0) is 6.54 Å². The van der Waals surface area contributed by atoms with E-state index in [1.165, 1.54) is 0 Å². The monoisotopic (exact) mass is 289 g/mol. The summed E-state index contributed by atoms with van der Waals surface area (Å²) in [6.45, 7) is 4.38. The van der Waals surface area contributed by atoms with Crippen LogP contribution in [0.4, 0.5) is 0 Å². The Bertz CT molecular complexity index is 630. The largest absolute Gasteiger partial charge is 0.454 e. The lowest BCUT2D eigenvalue weighted by Gasteiger charge is -2.49. The molecule has 1 aliphatic carbocycles. The SMILES string of the molecule is CC1(C)C(O)CC1NC(=O)c1ccc(Cn2cccn2)o1. The molecule has 1 saturated carbocycles. The minimum atomic E-state index is -0.366. The Hall–Kier alpha value is -2.08. The maximum atomic E-state index is 12.1. The molecular formula is C15H19N3O3. The number of furan rings is 1. The summed E-state index contributed by atoms with van der Waals surface area (Å²) < 4.78 is 7.28. The molecule has 0 bridgehead atoms. The lowest BCUT2D eigenvalue weighted by molar-refractivity contribution is -0.0691. The van der Waals surface area contributed by atoms with Crippen LogP contribution in [-0.4, -0.2) is 32.9 Å². The molecule has 0 spiro atoms. The van der Waals surface area contributed by atoms with Gasteiger partial charge < -0.3 is 14.8 Å². The quantitative estimate of drug-likeness (QED) is 0.892. The molecule has 2 atom stereocenters. The lowest BCUT2D eigenvalue weighted by atomic mass is 9.64. The Morgan fingerprint density at radius 2 is 2.38 bits per heavy atom. The molecule has 2 heterocycles. The Labute approximate surface area is 122 Å². The third-order valence-electron chi connectivity index (χ3n) is 4.28. The molecule has 0 aromatic carbocycles. The summed E-state index contributed by atoms with van der Waals surface area (Å²) in [7, 11) is 0. The van der Waals surface area contributed by atoms with E-state index in [-0.39, 0.29) is 29.2 Å². The lowest BCUT2D eigenvalue weighted by Crippen LogP contribution is -2.61. The van der Waals surface area contributed by atoms with E-state index in [1.807, 2.05) is 26.1 Å². The smallest absolute Gasteiger partial charge is 0.287 e. The van der Waals surface area contributed by atoms with Gasteiger partial charge in [0.05, 0.1) is 12.6 Å². The zero-order valence-corrected chi connectivity index (χ0v) is 12.1. The summed E-state index contributed by atoms with van der Waals surface area (Å²) >= 11 is 0. The van der Waals surface area contributed by atoms with Crippen molar-refractivity contribution in [3.05, 3.63) is 42.1 Å². The van der Waals surface area contributed by atoms with Gasteiger partial charge in [-0.15, -0.1) is 0 Å². The minimum absolute atomic E-state index is 0.0281. The van der Waals surface area contributed by atoms with E-state index in [2.05, 4.69) is 10.4 Å². The van der Waals surface area contributed by atoms with Gasteiger partial charge in [0.1, 0.15) is 5.76 Å². The van der Waals surface area contributed by atoms with Crippen LogP contribution in [0.25, 0.3) is 0 Å². The van der Waals surface area contributed by atoms with Crippen molar-refractivity contribution in [2.75, 3.05) is 0 Å². The second kappa shape index (κ2) is 5.04. The predicted molar refractivity (Wildman–Crippen MR) is 75.7 cm³/mol. The fourth-order valence-electron chi connectivity index (χ4n) is 2.52. The van der Waals surface area contributed by atoms with Gasteiger partial charge in [0.15, 0.2) is 5.76 Å². The van der Waals surface area contributed by atoms with Crippen LogP contribution in [0.1, 0.15) is 36.6 Å². The maximum absolute atomic E-state index is 12.1. The van der Waals surface area contributed by atoms with Crippen molar-refractivity contribution in [2.45, 2.75) is 39.0 Å². The number of aliphatic hydroxyl groups excluding tert-OH is 1. The average Bonchev–Trinajstić information content (AvgIpc) is 3.10. The van der Waals surface area contributed by atoms with Crippen molar-refractivity contribution in [2.24, 2.45) is 5.41 Å². The van der Waals surface area contributed by atoms with Crippen molar-refractivity contribution in [3.63, 3.8) is 0 Å². The molecule has 6 heteroatoms. The summed E-state index contributed by atoms with van der Waals surface area (Å²) in [4.78, 5) is 12.1. The second-order valence-electron chi connectivity index (χ2n) is 6.07. The van der Waals surface area contributed by atoms with E-state index in [0.29, 0.717) is 18.7 Å². The van der Waals surface area contributed by atoms with Gasteiger partial charge in [-0.2, -0.15) is 5.10 Å². The number of rotatable bonds is 4. The average molecular weight is 289 g/mol. The molecule has 1 amide bonds. The van der Waals surface area contributed by atoms with Gasteiger partial charge in [0, 0.05) is 23.9 Å². The predicted octanol–water partition coefficient (Wildman–Crippen LogP) is 1.41. The second-order valence-corrected chi connectivity index (χ2v) is 6.07.